The number of ether oxygens (including phenoxy) is 4. The molecule has 2 aliphatic heterocycles. The number of carbonyl (C=O) groups excluding carboxylic acids is 1. The van der Waals surface area contributed by atoms with Gasteiger partial charge in [-0.05, 0) is 19.1 Å². The predicted molar refractivity (Wildman–Crippen MR) is 86.3 cm³/mol. The molecule has 1 saturated heterocycles. The normalized spacial score (nSPS) is 17.7. The highest BCUT2D eigenvalue weighted by Gasteiger charge is 2.35. The van der Waals surface area contributed by atoms with Crippen molar-refractivity contribution in [3.63, 3.8) is 0 Å². The van der Waals surface area contributed by atoms with Gasteiger partial charge in [-0.2, -0.15) is 0 Å². The van der Waals surface area contributed by atoms with Crippen molar-refractivity contribution >= 4 is 5.97 Å². The second kappa shape index (κ2) is 6.03. The molecular weight excluding hydrogens is 326 g/mol. The summed E-state index contributed by atoms with van der Waals surface area (Å²) in [5.74, 6) is 0.874. The number of fused-ring (bicyclic) bond motifs is 1. The number of esters is 1. The first-order valence-corrected chi connectivity index (χ1v) is 8.13. The van der Waals surface area contributed by atoms with Crippen LogP contribution in [0.25, 0.3) is 5.69 Å². The summed E-state index contributed by atoms with van der Waals surface area (Å²) in [6, 6.07) is 5.48. The highest BCUT2D eigenvalue weighted by atomic mass is 16.6. The summed E-state index contributed by atoms with van der Waals surface area (Å²) < 4.78 is 23.2. The second-order valence-corrected chi connectivity index (χ2v) is 6.64. The highest BCUT2D eigenvalue weighted by Crippen LogP contribution is 2.32. The molecule has 132 valence electrons. The van der Waals surface area contributed by atoms with Crippen LogP contribution in [0.4, 0.5) is 0 Å². The summed E-state index contributed by atoms with van der Waals surface area (Å²) in [6.45, 7) is 6.35. The summed E-state index contributed by atoms with van der Waals surface area (Å²) in [5.41, 5.74) is 1.46. The molecule has 2 aromatic rings. The molecule has 4 rings (SSSR count). The zero-order chi connectivity index (χ0) is 17.4. The molecule has 8 heteroatoms. The maximum absolute atomic E-state index is 12.3. The average molecular weight is 345 g/mol. The van der Waals surface area contributed by atoms with Gasteiger partial charge < -0.3 is 18.9 Å². The fraction of sp³-hybridized carbons (Fsp3) is 0.471. The number of benzene rings is 1. The molecule has 2 aliphatic rings. The molecule has 0 spiro atoms. The van der Waals surface area contributed by atoms with Crippen molar-refractivity contribution in [2.45, 2.75) is 13.8 Å². The molecule has 0 radical (unpaired) electrons. The van der Waals surface area contributed by atoms with E-state index in [1.165, 1.54) is 0 Å². The number of aromatic nitrogens is 3. The third-order valence-electron chi connectivity index (χ3n) is 4.31. The number of hydrogen-bond donors (Lipinski definition) is 0. The van der Waals surface area contributed by atoms with Gasteiger partial charge in [-0.1, -0.05) is 12.1 Å². The SMILES string of the molecule is Cc1c(C(=O)OCC2(C)COC2)nnn1-c1ccc2c(c1)OCCO2. The van der Waals surface area contributed by atoms with Gasteiger partial charge in [0, 0.05) is 11.5 Å². The van der Waals surface area contributed by atoms with Gasteiger partial charge in [0.05, 0.1) is 24.6 Å². The third kappa shape index (κ3) is 2.93. The molecule has 0 aliphatic carbocycles. The Morgan fingerprint density at radius 1 is 1.28 bits per heavy atom. The lowest BCUT2D eigenvalue weighted by Crippen LogP contribution is -2.44. The fourth-order valence-electron chi connectivity index (χ4n) is 2.77. The summed E-state index contributed by atoms with van der Waals surface area (Å²) in [4.78, 5) is 12.3. The monoisotopic (exact) mass is 345 g/mol. The van der Waals surface area contributed by atoms with Crippen LogP contribution in [0, 0.1) is 12.3 Å². The Morgan fingerprint density at radius 2 is 2.04 bits per heavy atom. The molecule has 0 amide bonds. The Morgan fingerprint density at radius 3 is 2.76 bits per heavy atom. The number of carbonyl (C=O) groups is 1. The van der Waals surface area contributed by atoms with Crippen LogP contribution in [0.1, 0.15) is 23.1 Å². The van der Waals surface area contributed by atoms with E-state index in [-0.39, 0.29) is 11.1 Å². The summed E-state index contributed by atoms with van der Waals surface area (Å²) in [5, 5.41) is 8.06. The van der Waals surface area contributed by atoms with Gasteiger partial charge in [0.25, 0.3) is 0 Å². The molecular formula is C17H19N3O5. The van der Waals surface area contributed by atoms with E-state index in [1.807, 2.05) is 25.1 Å². The Hall–Kier alpha value is -2.61. The zero-order valence-corrected chi connectivity index (χ0v) is 14.2. The molecule has 25 heavy (non-hydrogen) atoms. The second-order valence-electron chi connectivity index (χ2n) is 6.64. The predicted octanol–water partition coefficient (Wildman–Crippen LogP) is 1.54. The Balaban J connectivity index is 1.53. The average Bonchev–Trinajstić information content (AvgIpc) is 2.99. The van der Waals surface area contributed by atoms with Crippen LogP contribution < -0.4 is 9.47 Å². The standard InChI is InChI=1S/C17H19N3O5/c1-11-15(16(21)25-10-17(2)8-22-9-17)18-19-20(11)12-3-4-13-14(7-12)24-6-5-23-13/h3-4,7H,5-6,8-10H2,1-2H3. The van der Waals surface area contributed by atoms with Crippen molar-refractivity contribution in [2.75, 3.05) is 33.0 Å². The van der Waals surface area contributed by atoms with Crippen LogP contribution in [0.5, 0.6) is 11.5 Å². The topological polar surface area (TPSA) is 84.7 Å². The van der Waals surface area contributed by atoms with Gasteiger partial charge >= 0.3 is 5.97 Å². The Bertz CT molecular complexity index is 813. The lowest BCUT2D eigenvalue weighted by atomic mass is 9.90. The fourth-order valence-corrected chi connectivity index (χ4v) is 2.77. The van der Waals surface area contributed by atoms with Crippen molar-refractivity contribution < 1.29 is 23.7 Å². The molecule has 0 atom stereocenters. The molecule has 1 fully saturated rings. The van der Waals surface area contributed by atoms with Crippen molar-refractivity contribution in [3.05, 3.63) is 29.6 Å². The molecule has 0 saturated carbocycles. The van der Waals surface area contributed by atoms with E-state index in [1.54, 1.807) is 11.6 Å². The third-order valence-corrected chi connectivity index (χ3v) is 4.31. The van der Waals surface area contributed by atoms with E-state index in [4.69, 9.17) is 18.9 Å². The van der Waals surface area contributed by atoms with Gasteiger partial charge in [0.1, 0.15) is 19.8 Å². The van der Waals surface area contributed by atoms with Crippen LogP contribution >= 0.6 is 0 Å². The molecule has 1 aromatic carbocycles. The van der Waals surface area contributed by atoms with E-state index in [0.29, 0.717) is 50.2 Å². The Labute approximate surface area is 144 Å². The van der Waals surface area contributed by atoms with Crippen molar-refractivity contribution in [2.24, 2.45) is 5.41 Å². The van der Waals surface area contributed by atoms with Gasteiger partial charge in [-0.25, -0.2) is 9.48 Å². The van der Waals surface area contributed by atoms with Crippen molar-refractivity contribution in [3.8, 4) is 17.2 Å². The van der Waals surface area contributed by atoms with Gasteiger partial charge in [-0.15, -0.1) is 5.10 Å². The first kappa shape index (κ1) is 15.9. The minimum absolute atomic E-state index is 0.102. The first-order valence-electron chi connectivity index (χ1n) is 8.13. The van der Waals surface area contributed by atoms with Crippen LogP contribution in [0.3, 0.4) is 0 Å². The molecule has 0 N–H and O–H groups in total. The van der Waals surface area contributed by atoms with Crippen LogP contribution in [0.2, 0.25) is 0 Å². The first-order chi connectivity index (χ1) is 12.1. The number of hydrogen-bond acceptors (Lipinski definition) is 7. The van der Waals surface area contributed by atoms with Gasteiger partial charge in [0.15, 0.2) is 17.2 Å². The quantitative estimate of drug-likeness (QED) is 0.777. The van der Waals surface area contributed by atoms with E-state index >= 15 is 0 Å². The molecule has 0 bridgehead atoms. The largest absolute Gasteiger partial charge is 0.486 e. The summed E-state index contributed by atoms with van der Waals surface area (Å²) in [6.07, 6.45) is 0. The van der Waals surface area contributed by atoms with Crippen LogP contribution in [-0.4, -0.2) is 54.0 Å². The van der Waals surface area contributed by atoms with E-state index < -0.39 is 5.97 Å². The van der Waals surface area contributed by atoms with Crippen molar-refractivity contribution in [1.29, 1.82) is 0 Å². The van der Waals surface area contributed by atoms with Gasteiger partial charge in [0.2, 0.25) is 0 Å². The maximum atomic E-state index is 12.3. The van der Waals surface area contributed by atoms with Crippen LogP contribution in [0.15, 0.2) is 18.2 Å². The van der Waals surface area contributed by atoms with E-state index in [9.17, 15) is 4.79 Å². The summed E-state index contributed by atoms with van der Waals surface area (Å²) in [7, 11) is 0. The molecule has 3 heterocycles. The minimum Gasteiger partial charge on any atom is -0.486 e. The van der Waals surface area contributed by atoms with Crippen molar-refractivity contribution in [1.82, 2.24) is 15.0 Å². The Kier molecular flexibility index (Phi) is 3.84. The lowest BCUT2D eigenvalue weighted by molar-refractivity contribution is -0.127. The summed E-state index contributed by atoms with van der Waals surface area (Å²) >= 11 is 0. The van der Waals surface area contributed by atoms with E-state index in [2.05, 4.69) is 10.3 Å². The van der Waals surface area contributed by atoms with E-state index in [0.717, 1.165) is 5.69 Å². The molecule has 8 nitrogen and oxygen atoms in total. The molecule has 1 aromatic heterocycles. The van der Waals surface area contributed by atoms with Gasteiger partial charge in [-0.3, -0.25) is 0 Å². The minimum atomic E-state index is -0.477. The maximum Gasteiger partial charge on any atom is 0.360 e. The zero-order valence-electron chi connectivity index (χ0n) is 14.2. The highest BCUT2D eigenvalue weighted by molar-refractivity contribution is 5.88. The smallest absolute Gasteiger partial charge is 0.360 e. The number of nitrogens with zero attached hydrogens (tertiary/aromatic N) is 3. The lowest BCUT2D eigenvalue weighted by Gasteiger charge is -2.37. The number of rotatable bonds is 4. The van der Waals surface area contributed by atoms with Crippen LogP contribution in [-0.2, 0) is 9.47 Å². The molecule has 0 unspecified atom stereocenters.